The third-order valence-corrected chi connectivity index (χ3v) is 5.35. The Kier molecular flexibility index (Phi) is 5.61. The summed E-state index contributed by atoms with van der Waals surface area (Å²) >= 11 is 0. The van der Waals surface area contributed by atoms with Gasteiger partial charge in [-0.05, 0) is 51.2 Å². The van der Waals surface area contributed by atoms with Gasteiger partial charge in [0.25, 0.3) is 5.91 Å². The molecule has 1 aliphatic rings. The number of hydrogen-bond donors (Lipinski definition) is 1. The SMILES string of the molecule is Cc1cc(C(=O)NCCCc2cnn(C)c2)c(C)n1C1CCCCC1. The highest BCUT2D eigenvalue weighted by Gasteiger charge is 2.22. The zero-order valence-corrected chi connectivity index (χ0v) is 15.7. The van der Waals surface area contributed by atoms with Crippen molar-refractivity contribution in [3.05, 3.63) is 41.0 Å². The molecule has 1 saturated carbocycles. The van der Waals surface area contributed by atoms with Gasteiger partial charge in [-0.15, -0.1) is 0 Å². The molecule has 2 aromatic heterocycles. The monoisotopic (exact) mass is 342 g/mol. The Morgan fingerprint density at radius 3 is 2.72 bits per heavy atom. The van der Waals surface area contributed by atoms with Gasteiger partial charge in [0.2, 0.25) is 0 Å². The van der Waals surface area contributed by atoms with Crippen molar-refractivity contribution >= 4 is 5.91 Å². The minimum absolute atomic E-state index is 0.0568. The highest BCUT2D eigenvalue weighted by atomic mass is 16.1. The molecule has 0 atom stereocenters. The Balaban J connectivity index is 1.56. The van der Waals surface area contributed by atoms with Crippen molar-refractivity contribution in [3.8, 4) is 0 Å². The number of rotatable bonds is 6. The lowest BCUT2D eigenvalue weighted by Crippen LogP contribution is -2.25. The number of aromatic nitrogens is 3. The van der Waals surface area contributed by atoms with Gasteiger partial charge in [0.15, 0.2) is 0 Å². The predicted molar refractivity (Wildman–Crippen MR) is 99.9 cm³/mol. The maximum absolute atomic E-state index is 12.6. The summed E-state index contributed by atoms with van der Waals surface area (Å²) in [7, 11) is 1.92. The Bertz CT molecular complexity index is 722. The summed E-state index contributed by atoms with van der Waals surface area (Å²) in [5.74, 6) is 0.0568. The summed E-state index contributed by atoms with van der Waals surface area (Å²) in [5, 5.41) is 7.25. The highest BCUT2D eigenvalue weighted by molar-refractivity contribution is 5.95. The number of amides is 1. The third-order valence-electron chi connectivity index (χ3n) is 5.35. The number of aryl methyl sites for hydroxylation is 3. The quantitative estimate of drug-likeness (QED) is 0.814. The van der Waals surface area contributed by atoms with Crippen LogP contribution >= 0.6 is 0 Å². The van der Waals surface area contributed by atoms with E-state index in [2.05, 4.69) is 34.9 Å². The number of carbonyl (C=O) groups excluding carboxylic acids is 1. The summed E-state index contributed by atoms with van der Waals surface area (Å²) in [4.78, 5) is 12.6. The van der Waals surface area contributed by atoms with E-state index in [1.54, 1.807) is 0 Å². The van der Waals surface area contributed by atoms with Crippen LogP contribution in [0.5, 0.6) is 0 Å². The second kappa shape index (κ2) is 7.89. The first-order valence-electron chi connectivity index (χ1n) is 9.50. The Labute approximate surface area is 150 Å². The van der Waals surface area contributed by atoms with Gasteiger partial charge in [0, 0.05) is 37.2 Å². The molecule has 0 radical (unpaired) electrons. The van der Waals surface area contributed by atoms with E-state index in [-0.39, 0.29) is 5.91 Å². The molecule has 5 heteroatoms. The van der Waals surface area contributed by atoms with Gasteiger partial charge in [0.1, 0.15) is 0 Å². The predicted octanol–water partition coefficient (Wildman–Crippen LogP) is 3.71. The smallest absolute Gasteiger partial charge is 0.253 e. The maximum Gasteiger partial charge on any atom is 0.253 e. The van der Waals surface area contributed by atoms with Crippen LogP contribution in [0.25, 0.3) is 0 Å². The summed E-state index contributed by atoms with van der Waals surface area (Å²) in [6, 6.07) is 2.63. The van der Waals surface area contributed by atoms with E-state index < -0.39 is 0 Å². The number of hydrogen-bond acceptors (Lipinski definition) is 2. The summed E-state index contributed by atoms with van der Waals surface area (Å²) < 4.78 is 4.21. The van der Waals surface area contributed by atoms with E-state index >= 15 is 0 Å². The van der Waals surface area contributed by atoms with E-state index in [1.165, 1.54) is 43.4 Å². The van der Waals surface area contributed by atoms with Crippen molar-refractivity contribution < 1.29 is 4.79 Å². The van der Waals surface area contributed by atoms with Crippen molar-refractivity contribution in [2.24, 2.45) is 7.05 Å². The molecular weight excluding hydrogens is 312 g/mol. The van der Waals surface area contributed by atoms with Gasteiger partial charge >= 0.3 is 0 Å². The Morgan fingerprint density at radius 1 is 1.28 bits per heavy atom. The number of nitrogens with one attached hydrogen (secondary N) is 1. The fraction of sp³-hybridized carbons (Fsp3) is 0.600. The molecule has 0 unspecified atom stereocenters. The second-order valence-corrected chi connectivity index (χ2v) is 7.33. The van der Waals surface area contributed by atoms with Crippen molar-refractivity contribution in [1.29, 1.82) is 0 Å². The second-order valence-electron chi connectivity index (χ2n) is 7.33. The molecule has 0 aliphatic heterocycles. The molecule has 1 aliphatic carbocycles. The molecule has 0 aromatic carbocycles. The van der Waals surface area contributed by atoms with E-state index in [0.29, 0.717) is 12.6 Å². The minimum Gasteiger partial charge on any atom is -0.352 e. The molecule has 3 rings (SSSR count). The van der Waals surface area contributed by atoms with Crippen LogP contribution in [0.2, 0.25) is 0 Å². The van der Waals surface area contributed by atoms with Gasteiger partial charge in [-0.25, -0.2) is 0 Å². The summed E-state index contributed by atoms with van der Waals surface area (Å²) in [5.41, 5.74) is 4.38. The maximum atomic E-state index is 12.6. The van der Waals surface area contributed by atoms with Gasteiger partial charge < -0.3 is 9.88 Å². The molecule has 136 valence electrons. The highest BCUT2D eigenvalue weighted by Crippen LogP contribution is 2.32. The lowest BCUT2D eigenvalue weighted by Gasteiger charge is -2.26. The van der Waals surface area contributed by atoms with Gasteiger partial charge in [-0.3, -0.25) is 9.48 Å². The molecule has 1 N–H and O–H groups in total. The fourth-order valence-corrected chi connectivity index (χ4v) is 4.10. The number of carbonyl (C=O) groups is 1. The normalized spacial score (nSPS) is 15.5. The average molecular weight is 342 g/mol. The lowest BCUT2D eigenvalue weighted by molar-refractivity contribution is 0.0952. The number of nitrogens with zero attached hydrogens (tertiary/aromatic N) is 3. The largest absolute Gasteiger partial charge is 0.352 e. The van der Waals surface area contributed by atoms with E-state index in [4.69, 9.17) is 0 Å². The van der Waals surface area contributed by atoms with Gasteiger partial charge in [-0.2, -0.15) is 5.10 Å². The summed E-state index contributed by atoms with van der Waals surface area (Å²) in [6.45, 7) is 4.91. The molecule has 0 spiro atoms. The van der Waals surface area contributed by atoms with E-state index in [1.807, 2.05) is 24.1 Å². The first-order chi connectivity index (χ1) is 12.1. The first-order valence-corrected chi connectivity index (χ1v) is 9.50. The van der Waals surface area contributed by atoms with Gasteiger partial charge in [0.05, 0.1) is 11.8 Å². The van der Waals surface area contributed by atoms with Crippen LogP contribution in [0.3, 0.4) is 0 Å². The van der Waals surface area contributed by atoms with Crippen LogP contribution in [0.1, 0.15) is 71.9 Å². The molecule has 1 amide bonds. The van der Waals surface area contributed by atoms with E-state index in [9.17, 15) is 4.79 Å². The van der Waals surface area contributed by atoms with Crippen LogP contribution in [-0.4, -0.2) is 26.8 Å². The van der Waals surface area contributed by atoms with Crippen LogP contribution in [-0.2, 0) is 13.5 Å². The van der Waals surface area contributed by atoms with Crippen molar-refractivity contribution in [1.82, 2.24) is 19.7 Å². The zero-order chi connectivity index (χ0) is 17.8. The summed E-state index contributed by atoms with van der Waals surface area (Å²) in [6.07, 6.45) is 12.2. The molecule has 0 saturated heterocycles. The molecule has 0 bridgehead atoms. The molecule has 2 aromatic rings. The van der Waals surface area contributed by atoms with Crippen LogP contribution < -0.4 is 5.32 Å². The molecule has 2 heterocycles. The van der Waals surface area contributed by atoms with Crippen molar-refractivity contribution in [3.63, 3.8) is 0 Å². The lowest BCUT2D eigenvalue weighted by atomic mass is 9.95. The van der Waals surface area contributed by atoms with Crippen LogP contribution in [0.4, 0.5) is 0 Å². The molecular formula is C20H30N4O. The van der Waals surface area contributed by atoms with Crippen molar-refractivity contribution in [2.45, 2.75) is 64.8 Å². The minimum atomic E-state index is 0.0568. The standard InChI is InChI=1S/C20H30N4O/c1-15-12-19(16(2)24(15)18-9-5-4-6-10-18)20(25)21-11-7-8-17-13-22-23(3)14-17/h12-14,18H,4-11H2,1-3H3,(H,21,25). The molecule has 25 heavy (non-hydrogen) atoms. The van der Waals surface area contributed by atoms with Crippen LogP contribution in [0.15, 0.2) is 18.5 Å². The Morgan fingerprint density at radius 2 is 2.04 bits per heavy atom. The fourth-order valence-electron chi connectivity index (χ4n) is 4.10. The van der Waals surface area contributed by atoms with Crippen molar-refractivity contribution in [2.75, 3.05) is 6.54 Å². The van der Waals surface area contributed by atoms with E-state index in [0.717, 1.165) is 24.1 Å². The average Bonchev–Trinajstić information content (AvgIpc) is 3.15. The Hall–Kier alpha value is -2.04. The van der Waals surface area contributed by atoms with Crippen LogP contribution in [0, 0.1) is 13.8 Å². The third kappa shape index (κ3) is 4.14. The zero-order valence-electron chi connectivity index (χ0n) is 15.7. The van der Waals surface area contributed by atoms with Gasteiger partial charge in [-0.1, -0.05) is 19.3 Å². The topological polar surface area (TPSA) is 51.9 Å². The molecule has 1 fully saturated rings. The first kappa shape index (κ1) is 17.8. The molecule has 5 nitrogen and oxygen atoms in total.